The molecule has 0 saturated carbocycles. The predicted molar refractivity (Wildman–Crippen MR) is 65.8 cm³/mol. The molecular weight excluding hydrogens is 271 g/mol. The number of nitrogens with zero attached hydrogens (tertiary/aromatic N) is 2. The van der Waals surface area contributed by atoms with Crippen LogP contribution in [0.3, 0.4) is 0 Å². The smallest absolute Gasteiger partial charge is 0.423 e. The number of benzene rings is 1. The van der Waals surface area contributed by atoms with Gasteiger partial charge in [0.15, 0.2) is 0 Å². The molecule has 0 bridgehead atoms. The molecule has 0 aliphatic rings. The molecule has 0 fully saturated rings. The van der Waals surface area contributed by atoms with Gasteiger partial charge in [-0.15, -0.1) is 0 Å². The second-order valence-electron chi connectivity index (χ2n) is 3.42. The van der Waals surface area contributed by atoms with Crippen LogP contribution in [0.25, 0.3) is 5.69 Å². The molecule has 0 spiro atoms. The van der Waals surface area contributed by atoms with Gasteiger partial charge in [0, 0.05) is 22.6 Å². The second-order valence-corrected chi connectivity index (χ2v) is 4.28. The molecule has 2 rings (SSSR count). The largest absolute Gasteiger partial charge is 0.489 e. The maximum Gasteiger partial charge on any atom is 0.489 e. The molecule has 82 valence electrons. The minimum Gasteiger partial charge on any atom is -0.423 e. The lowest BCUT2D eigenvalue weighted by molar-refractivity contribution is 0.425. The Hall–Kier alpha value is -1.11. The Kier molecular flexibility index (Phi) is 3.14. The molecule has 0 aliphatic carbocycles. The summed E-state index contributed by atoms with van der Waals surface area (Å²) in [6, 6.07) is 5.31. The van der Waals surface area contributed by atoms with Gasteiger partial charge in [0.1, 0.15) is 5.82 Å². The number of imidazole rings is 1. The van der Waals surface area contributed by atoms with Crippen LogP contribution in [0.5, 0.6) is 0 Å². The van der Waals surface area contributed by atoms with Crippen LogP contribution in [0.2, 0.25) is 0 Å². The third kappa shape index (κ3) is 2.04. The molecule has 6 heteroatoms. The van der Waals surface area contributed by atoms with Gasteiger partial charge in [0.05, 0.1) is 0 Å². The summed E-state index contributed by atoms with van der Waals surface area (Å²) in [6.07, 6.45) is 3.57. The Morgan fingerprint density at radius 1 is 1.38 bits per heavy atom. The first kappa shape index (κ1) is 11.4. The Labute approximate surface area is 102 Å². The molecule has 1 aromatic carbocycles. The lowest BCUT2D eigenvalue weighted by atomic mass is 9.80. The van der Waals surface area contributed by atoms with E-state index in [0.29, 0.717) is 9.94 Å². The van der Waals surface area contributed by atoms with E-state index in [1.807, 2.05) is 29.8 Å². The van der Waals surface area contributed by atoms with Crippen molar-refractivity contribution in [1.29, 1.82) is 0 Å². The first-order valence-corrected chi connectivity index (χ1v) is 5.55. The molecule has 1 aromatic heterocycles. The summed E-state index contributed by atoms with van der Waals surface area (Å²) in [7, 11) is -1.47. The van der Waals surface area contributed by atoms with E-state index in [1.165, 1.54) is 0 Å². The van der Waals surface area contributed by atoms with Gasteiger partial charge in [-0.3, -0.25) is 0 Å². The zero-order valence-electron chi connectivity index (χ0n) is 8.63. The summed E-state index contributed by atoms with van der Waals surface area (Å²) in [5, 5.41) is 18.2. The Morgan fingerprint density at radius 3 is 2.62 bits per heavy atom. The molecule has 16 heavy (non-hydrogen) atoms. The maximum absolute atomic E-state index is 9.09. The Bertz CT molecular complexity index is 513. The average molecular weight is 281 g/mol. The van der Waals surface area contributed by atoms with E-state index in [-0.39, 0.29) is 0 Å². The summed E-state index contributed by atoms with van der Waals surface area (Å²) in [5.74, 6) is 0.879. The van der Waals surface area contributed by atoms with Gasteiger partial charge in [-0.1, -0.05) is 22.0 Å². The van der Waals surface area contributed by atoms with E-state index >= 15 is 0 Å². The van der Waals surface area contributed by atoms with E-state index in [4.69, 9.17) is 10.0 Å². The van der Waals surface area contributed by atoms with Crippen LogP contribution in [0.4, 0.5) is 0 Å². The van der Waals surface area contributed by atoms with Crippen molar-refractivity contribution in [3.63, 3.8) is 0 Å². The minimum atomic E-state index is -1.47. The highest BCUT2D eigenvalue weighted by Crippen LogP contribution is 2.15. The van der Waals surface area contributed by atoms with E-state index in [9.17, 15) is 0 Å². The lowest BCUT2D eigenvalue weighted by Gasteiger charge is -2.08. The van der Waals surface area contributed by atoms with Gasteiger partial charge in [0.2, 0.25) is 0 Å². The number of rotatable bonds is 2. The van der Waals surface area contributed by atoms with Crippen molar-refractivity contribution in [1.82, 2.24) is 9.55 Å². The van der Waals surface area contributed by atoms with Gasteiger partial charge in [-0.2, -0.15) is 0 Å². The van der Waals surface area contributed by atoms with Crippen LogP contribution < -0.4 is 5.46 Å². The molecule has 2 aromatic rings. The first-order chi connectivity index (χ1) is 7.59. The molecule has 0 saturated heterocycles. The Morgan fingerprint density at radius 2 is 2.12 bits per heavy atom. The average Bonchev–Trinajstić information content (AvgIpc) is 2.63. The summed E-state index contributed by atoms with van der Waals surface area (Å²) in [5.41, 5.74) is 1.37. The van der Waals surface area contributed by atoms with Gasteiger partial charge in [-0.25, -0.2) is 4.98 Å². The maximum atomic E-state index is 9.09. The van der Waals surface area contributed by atoms with Crippen molar-refractivity contribution in [3.8, 4) is 5.69 Å². The monoisotopic (exact) mass is 280 g/mol. The third-order valence-corrected chi connectivity index (χ3v) is 3.05. The third-order valence-electron chi connectivity index (χ3n) is 2.37. The fourth-order valence-corrected chi connectivity index (χ4v) is 2.10. The second kappa shape index (κ2) is 4.41. The summed E-state index contributed by atoms with van der Waals surface area (Å²) in [6.45, 7) is 1.91. The van der Waals surface area contributed by atoms with E-state index < -0.39 is 7.12 Å². The van der Waals surface area contributed by atoms with Crippen molar-refractivity contribution < 1.29 is 10.0 Å². The van der Waals surface area contributed by atoms with Crippen LogP contribution >= 0.6 is 15.9 Å². The standard InChI is InChI=1S/C10H10BBrN2O2/c1-7-13-4-5-14(7)8-2-3-9(11(15)16)10(12)6-8/h2-6,15-16H,1H3. The summed E-state index contributed by atoms with van der Waals surface area (Å²) >= 11 is 3.30. The highest BCUT2D eigenvalue weighted by molar-refractivity contribution is 9.10. The predicted octanol–water partition coefficient (Wildman–Crippen LogP) is 0.623. The fourth-order valence-electron chi connectivity index (χ4n) is 1.53. The fraction of sp³-hybridized carbons (Fsp3) is 0.100. The number of halogens is 1. The van der Waals surface area contributed by atoms with Gasteiger partial charge >= 0.3 is 7.12 Å². The van der Waals surface area contributed by atoms with Gasteiger partial charge in [0.25, 0.3) is 0 Å². The summed E-state index contributed by atoms with van der Waals surface area (Å²) in [4.78, 5) is 4.13. The molecule has 0 amide bonds. The summed E-state index contributed by atoms with van der Waals surface area (Å²) < 4.78 is 2.58. The topological polar surface area (TPSA) is 58.3 Å². The van der Waals surface area contributed by atoms with Gasteiger partial charge < -0.3 is 14.6 Å². The van der Waals surface area contributed by atoms with Crippen LogP contribution in [0, 0.1) is 6.92 Å². The number of hydrogen-bond acceptors (Lipinski definition) is 3. The molecule has 1 heterocycles. The van der Waals surface area contributed by atoms with Crippen LogP contribution in [0.1, 0.15) is 5.82 Å². The van der Waals surface area contributed by atoms with Gasteiger partial charge in [-0.05, 0) is 24.5 Å². The molecular formula is C10H10BBrN2O2. The van der Waals surface area contributed by atoms with Crippen molar-refractivity contribution in [2.24, 2.45) is 0 Å². The van der Waals surface area contributed by atoms with Crippen molar-refractivity contribution in [2.75, 3.05) is 0 Å². The van der Waals surface area contributed by atoms with Crippen LogP contribution in [0.15, 0.2) is 35.1 Å². The van der Waals surface area contributed by atoms with Crippen LogP contribution in [-0.4, -0.2) is 26.7 Å². The van der Waals surface area contributed by atoms with Crippen LogP contribution in [-0.2, 0) is 0 Å². The molecule has 0 radical (unpaired) electrons. The van der Waals surface area contributed by atoms with Crippen molar-refractivity contribution >= 4 is 28.5 Å². The first-order valence-electron chi connectivity index (χ1n) is 4.75. The molecule has 0 aliphatic heterocycles. The zero-order valence-corrected chi connectivity index (χ0v) is 10.2. The molecule has 2 N–H and O–H groups in total. The Balaban J connectivity index is 2.46. The number of hydrogen-bond donors (Lipinski definition) is 2. The van der Waals surface area contributed by atoms with Crippen molar-refractivity contribution in [3.05, 3.63) is 40.9 Å². The van der Waals surface area contributed by atoms with Crippen molar-refractivity contribution in [2.45, 2.75) is 6.92 Å². The highest BCUT2D eigenvalue weighted by atomic mass is 79.9. The quantitative estimate of drug-likeness (QED) is 0.793. The van der Waals surface area contributed by atoms with E-state index in [0.717, 1.165) is 11.5 Å². The number of aromatic nitrogens is 2. The van der Waals surface area contributed by atoms with E-state index in [2.05, 4.69) is 20.9 Å². The van der Waals surface area contributed by atoms with E-state index in [1.54, 1.807) is 12.3 Å². The highest BCUT2D eigenvalue weighted by Gasteiger charge is 2.15. The minimum absolute atomic E-state index is 0.446. The zero-order chi connectivity index (χ0) is 11.7. The SMILES string of the molecule is Cc1nccn1-c1ccc(B(O)O)c(Br)c1. The number of aryl methyl sites for hydroxylation is 1. The molecule has 0 unspecified atom stereocenters. The molecule has 0 atom stereocenters. The lowest BCUT2D eigenvalue weighted by Crippen LogP contribution is -2.30. The molecule has 4 nitrogen and oxygen atoms in total. The normalized spacial score (nSPS) is 10.5.